The van der Waals surface area contributed by atoms with Crippen LogP contribution in [0.3, 0.4) is 0 Å². The smallest absolute Gasteiger partial charge is 0.339 e. The topological polar surface area (TPSA) is 85.5 Å². The number of esters is 1. The van der Waals surface area contributed by atoms with Gasteiger partial charge in [0.25, 0.3) is 0 Å². The number of hydrogen-bond donors (Lipinski definition) is 2. The molecule has 1 heterocycles. The van der Waals surface area contributed by atoms with Gasteiger partial charge in [0.2, 0.25) is 0 Å². The maximum Gasteiger partial charge on any atom is 0.339 e. The zero-order valence-electron chi connectivity index (χ0n) is 8.58. The molecule has 2 amide bonds. The Morgan fingerprint density at radius 2 is 2.25 bits per heavy atom. The highest BCUT2D eigenvalue weighted by Crippen LogP contribution is 2.13. The molecule has 0 radical (unpaired) electrons. The third-order valence-electron chi connectivity index (χ3n) is 1.68. The highest BCUT2D eigenvalue weighted by molar-refractivity contribution is 7.82. The lowest BCUT2D eigenvalue weighted by atomic mass is 10.3. The number of pyridine rings is 1. The fourth-order valence-electron chi connectivity index (χ4n) is 0.959. The number of anilines is 1. The van der Waals surface area contributed by atoms with Crippen molar-refractivity contribution in [3.05, 3.63) is 23.9 Å². The van der Waals surface area contributed by atoms with Crippen LogP contribution in [0, 0.1) is 0 Å². The van der Waals surface area contributed by atoms with Gasteiger partial charge in [0.15, 0.2) is 0 Å². The van der Waals surface area contributed by atoms with Crippen LogP contribution in [0.1, 0.15) is 17.3 Å². The van der Waals surface area contributed by atoms with Gasteiger partial charge in [-0.05, 0) is 19.1 Å². The maximum absolute atomic E-state index is 11.3. The Bertz CT molecular complexity index is 393. The second-order valence-electron chi connectivity index (χ2n) is 2.78. The van der Waals surface area contributed by atoms with Crippen molar-refractivity contribution < 1.29 is 14.3 Å². The highest BCUT2D eigenvalue weighted by Gasteiger charge is 2.11. The Hall–Kier alpha value is -1.76. The van der Waals surface area contributed by atoms with Gasteiger partial charge in [0.05, 0.1) is 12.2 Å². The molecule has 6 nitrogen and oxygen atoms in total. The van der Waals surface area contributed by atoms with Gasteiger partial charge in [-0.1, -0.05) is 12.8 Å². The minimum Gasteiger partial charge on any atom is -0.462 e. The molecule has 0 fully saturated rings. The van der Waals surface area contributed by atoms with Crippen molar-refractivity contribution in [3.8, 4) is 0 Å². The van der Waals surface area contributed by atoms with E-state index in [0.717, 1.165) is 4.31 Å². The first kappa shape index (κ1) is 12.3. The molecule has 1 aromatic rings. The molecule has 0 saturated carbocycles. The molecule has 16 heavy (non-hydrogen) atoms. The quantitative estimate of drug-likeness (QED) is 0.610. The van der Waals surface area contributed by atoms with Crippen LogP contribution < -0.4 is 10.0 Å². The first-order valence-corrected chi connectivity index (χ1v) is 4.88. The van der Waals surface area contributed by atoms with Gasteiger partial charge in [-0.25, -0.2) is 18.9 Å². The molecule has 0 aliphatic heterocycles. The number of carbonyl (C=O) groups excluding carboxylic acids is 2. The molecule has 0 aromatic carbocycles. The van der Waals surface area contributed by atoms with Crippen LogP contribution in [0.4, 0.5) is 10.6 Å². The predicted octanol–water partition coefficient (Wildman–Crippen LogP) is 0.988. The van der Waals surface area contributed by atoms with Gasteiger partial charge in [0.1, 0.15) is 5.82 Å². The standard InChI is InChI=1S/C9H11N3O3S/c1-2-15-8(13)6-3-4-7(11-5-6)12(16)9(10)14/h3-5,16H,2H2,1H3,(H2,10,14). The summed E-state index contributed by atoms with van der Waals surface area (Å²) in [6.07, 6.45) is 1.29. The van der Waals surface area contributed by atoms with Crippen LogP contribution in [0.15, 0.2) is 18.3 Å². The lowest BCUT2D eigenvalue weighted by molar-refractivity contribution is 0.0526. The van der Waals surface area contributed by atoms with Gasteiger partial charge in [-0.3, -0.25) is 0 Å². The van der Waals surface area contributed by atoms with E-state index in [9.17, 15) is 9.59 Å². The van der Waals surface area contributed by atoms with Crippen molar-refractivity contribution in [2.75, 3.05) is 10.9 Å². The molecule has 0 bridgehead atoms. The largest absolute Gasteiger partial charge is 0.462 e. The predicted molar refractivity (Wildman–Crippen MR) is 61.2 cm³/mol. The Balaban J connectivity index is 2.83. The number of nitrogens with zero attached hydrogens (tertiary/aromatic N) is 2. The summed E-state index contributed by atoms with van der Waals surface area (Å²) in [6, 6.07) is 2.18. The number of ether oxygens (including phenoxy) is 1. The lowest BCUT2D eigenvalue weighted by Crippen LogP contribution is -2.27. The molecule has 0 unspecified atom stereocenters. The summed E-state index contributed by atoms with van der Waals surface area (Å²) in [5, 5.41) is 0. The number of nitrogens with two attached hydrogens (primary N) is 1. The van der Waals surface area contributed by atoms with Crippen molar-refractivity contribution in [1.29, 1.82) is 0 Å². The van der Waals surface area contributed by atoms with E-state index in [1.807, 2.05) is 0 Å². The van der Waals surface area contributed by atoms with E-state index in [-0.39, 0.29) is 5.82 Å². The summed E-state index contributed by atoms with van der Waals surface area (Å²) in [7, 11) is 0. The zero-order chi connectivity index (χ0) is 12.1. The Labute approximate surface area is 97.9 Å². The zero-order valence-corrected chi connectivity index (χ0v) is 9.48. The minimum absolute atomic E-state index is 0.240. The van der Waals surface area contributed by atoms with E-state index in [1.165, 1.54) is 18.3 Å². The fourth-order valence-corrected chi connectivity index (χ4v) is 1.08. The average Bonchev–Trinajstić information content (AvgIpc) is 2.28. The summed E-state index contributed by atoms with van der Waals surface area (Å²) in [6.45, 7) is 2.00. The van der Waals surface area contributed by atoms with Crippen LogP contribution in [-0.4, -0.2) is 23.6 Å². The van der Waals surface area contributed by atoms with Gasteiger partial charge >= 0.3 is 12.0 Å². The molecule has 1 aromatic heterocycles. The molecular weight excluding hydrogens is 230 g/mol. The van der Waals surface area contributed by atoms with Gasteiger partial charge in [-0.2, -0.15) is 0 Å². The Morgan fingerprint density at radius 3 is 2.69 bits per heavy atom. The molecule has 1 rings (SSSR count). The van der Waals surface area contributed by atoms with E-state index >= 15 is 0 Å². The summed E-state index contributed by atoms with van der Waals surface area (Å²) in [5.41, 5.74) is 5.30. The third kappa shape index (κ3) is 2.86. The summed E-state index contributed by atoms with van der Waals surface area (Å²) >= 11 is 3.82. The third-order valence-corrected chi connectivity index (χ3v) is 2.09. The lowest BCUT2D eigenvalue weighted by Gasteiger charge is -2.11. The monoisotopic (exact) mass is 241 g/mol. The number of aromatic nitrogens is 1. The van der Waals surface area contributed by atoms with Crippen LogP contribution >= 0.6 is 12.8 Å². The molecule has 0 aliphatic rings. The number of primary amides is 1. The van der Waals surface area contributed by atoms with Crippen molar-refractivity contribution in [2.24, 2.45) is 5.73 Å². The molecule has 7 heteroatoms. The van der Waals surface area contributed by atoms with Gasteiger partial charge < -0.3 is 10.5 Å². The van der Waals surface area contributed by atoms with E-state index in [2.05, 4.69) is 17.8 Å². The number of rotatable bonds is 3. The number of hydrogen-bond acceptors (Lipinski definition) is 5. The normalized spacial score (nSPS) is 9.62. The van der Waals surface area contributed by atoms with Crippen LogP contribution in [-0.2, 0) is 4.74 Å². The molecule has 0 aliphatic carbocycles. The maximum atomic E-state index is 11.3. The molecule has 0 atom stereocenters. The Morgan fingerprint density at radius 1 is 1.56 bits per heavy atom. The number of carbonyl (C=O) groups is 2. The molecule has 0 saturated heterocycles. The number of amides is 2. The summed E-state index contributed by atoms with van der Waals surface area (Å²) < 4.78 is 5.64. The van der Waals surface area contributed by atoms with Crippen molar-refractivity contribution in [3.63, 3.8) is 0 Å². The number of urea groups is 1. The highest BCUT2D eigenvalue weighted by atomic mass is 32.1. The van der Waals surface area contributed by atoms with Crippen LogP contribution in [0.25, 0.3) is 0 Å². The van der Waals surface area contributed by atoms with E-state index in [4.69, 9.17) is 10.5 Å². The summed E-state index contributed by atoms with van der Waals surface area (Å²) in [4.78, 5) is 25.9. The van der Waals surface area contributed by atoms with Crippen molar-refractivity contribution in [2.45, 2.75) is 6.92 Å². The molecule has 0 spiro atoms. The van der Waals surface area contributed by atoms with E-state index in [1.54, 1.807) is 6.92 Å². The SMILES string of the molecule is CCOC(=O)c1ccc(N(S)C(N)=O)nc1. The average molecular weight is 241 g/mol. The van der Waals surface area contributed by atoms with Crippen LogP contribution in [0.5, 0.6) is 0 Å². The second-order valence-corrected chi connectivity index (χ2v) is 3.18. The van der Waals surface area contributed by atoms with Crippen LogP contribution in [0.2, 0.25) is 0 Å². The minimum atomic E-state index is -0.750. The first-order valence-electron chi connectivity index (χ1n) is 4.48. The molecule has 86 valence electrons. The first-order chi connectivity index (χ1) is 7.56. The second kappa shape index (κ2) is 5.36. The van der Waals surface area contributed by atoms with Gasteiger partial charge in [0, 0.05) is 6.20 Å². The fraction of sp³-hybridized carbons (Fsp3) is 0.222. The Kier molecular flexibility index (Phi) is 4.12. The van der Waals surface area contributed by atoms with Gasteiger partial charge in [-0.15, -0.1) is 0 Å². The van der Waals surface area contributed by atoms with Crippen molar-refractivity contribution >= 4 is 30.6 Å². The van der Waals surface area contributed by atoms with Crippen molar-refractivity contribution in [1.82, 2.24) is 4.98 Å². The summed E-state index contributed by atoms with van der Waals surface area (Å²) in [5.74, 6) is -0.227. The molecular formula is C9H11N3O3S. The van der Waals surface area contributed by atoms with E-state index < -0.39 is 12.0 Å². The molecule has 2 N–H and O–H groups in total. The number of thiol groups is 1. The van der Waals surface area contributed by atoms with E-state index in [0.29, 0.717) is 12.2 Å².